The lowest BCUT2D eigenvalue weighted by Crippen LogP contribution is -2.44. The Morgan fingerprint density at radius 2 is 2.16 bits per heavy atom. The predicted octanol–water partition coefficient (Wildman–Crippen LogP) is 1.61. The minimum atomic E-state index is -1.14. The molecule has 1 atom stereocenters. The van der Waals surface area contributed by atoms with E-state index in [0.29, 0.717) is 19.4 Å². The first kappa shape index (κ1) is 17.4. The van der Waals surface area contributed by atoms with E-state index < -0.39 is 17.4 Å². The van der Waals surface area contributed by atoms with E-state index in [1.807, 2.05) is 0 Å². The van der Waals surface area contributed by atoms with Crippen LogP contribution in [-0.2, 0) is 19.1 Å². The third-order valence-electron chi connectivity index (χ3n) is 2.66. The molecule has 1 heterocycles. The fourth-order valence-corrected chi connectivity index (χ4v) is 1.75. The van der Waals surface area contributed by atoms with Crippen LogP contribution < -0.4 is 0 Å². The van der Waals surface area contributed by atoms with Crippen molar-refractivity contribution in [2.24, 2.45) is 5.41 Å². The number of ether oxygens (including phenoxy) is 2. The van der Waals surface area contributed by atoms with Crippen LogP contribution in [0.5, 0.6) is 0 Å². The molecule has 0 aliphatic carbocycles. The fourth-order valence-electron chi connectivity index (χ4n) is 1.75. The molecular weight excluding hydrogens is 248 g/mol. The summed E-state index contributed by atoms with van der Waals surface area (Å²) >= 11 is 0. The summed E-state index contributed by atoms with van der Waals surface area (Å²) in [4.78, 5) is 23.4. The van der Waals surface area contributed by atoms with Gasteiger partial charge in [0.1, 0.15) is 0 Å². The number of carbonyl (C=O) groups is 2. The van der Waals surface area contributed by atoms with Gasteiger partial charge in [-0.2, -0.15) is 0 Å². The van der Waals surface area contributed by atoms with Crippen molar-refractivity contribution in [2.45, 2.75) is 26.2 Å². The molecule has 1 saturated heterocycles. The minimum Gasteiger partial charge on any atom is -0.465 e. The number of aliphatic hydroxyl groups excluding tert-OH is 1. The second-order valence-corrected chi connectivity index (χ2v) is 4.01. The first-order chi connectivity index (χ1) is 9.08. The monoisotopic (exact) mass is 270 g/mol. The van der Waals surface area contributed by atoms with E-state index in [9.17, 15) is 9.59 Å². The molecule has 0 radical (unpaired) electrons. The second-order valence-electron chi connectivity index (χ2n) is 4.01. The van der Waals surface area contributed by atoms with Crippen molar-refractivity contribution in [1.29, 1.82) is 0 Å². The maximum absolute atomic E-state index is 11.7. The lowest BCUT2D eigenvalue weighted by Gasteiger charge is -2.31. The van der Waals surface area contributed by atoms with Crippen molar-refractivity contribution in [3.05, 3.63) is 25.3 Å². The molecule has 1 rings (SSSR count). The highest BCUT2D eigenvalue weighted by Crippen LogP contribution is 2.35. The van der Waals surface area contributed by atoms with Gasteiger partial charge in [-0.05, 0) is 26.2 Å². The number of hydrogen-bond acceptors (Lipinski definition) is 5. The summed E-state index contributed by atoms with van der Waals surface area (Å²) in [6.45, 7) is 9.24. The average Bonchev–Trinajstić information content (AvgIpc) is 2.42. The van der Waals surface area contributed by atoms with Gasteiger partial charge >= 0.3 is 11.9 Å². The van der Waals surface area contributed by atoms with Gasteiger partial charge in [0.15, 0.2) is 5.41 Å². The third kappa shape index (κ3) is 4.87. The molecule has 0 unspecified atom stereocenters. The largest absolute Gasteiger partial charge is 0.465 e. The molecule has 0 saturated carbocycles. The Balaban J connectivity index is 0.000000711. The Kier molecular flexibility index (Phi) is 8.53. The molecule has 0 amide bonds. The molecule has 0 aromatic rings. The van der Waals surface area contributed by atoms with Gasteiger partial charge in [0.05, 0.1) is 19.8 Å². The second kappa shape index (κ2) is 9.33. The van der Waals surface area contributed by atoms with Gasteiger partial charge in [0.2, 0.25) is 0 Å². The standard InChI is InChI=1S/C11H16O4.C3H6O/c1-3-6-11(9(12)14-4-2)7-5-8-15-10(11)13;1-2-3-4/h3H,1,4-8H2,2H3;2,4H,1,3H2/t11-;/m0./s1. The van der Waals surface area contributed by atoms with Crippen LogP contribution in [-0.4, -0.2) is 36.9 Å². The van der Waals surface area contributed by atoms with Gasteiger partial charge < -0.3 is 14.6 Å². The van der Waals surface area contributed by atoms with Crippen molar-refractivity contribution in [3.8, 4) is 0 Å². The van der Waals surface area contributed by atoms with Crippen LogP contribution in [0.4, 0.5) is 0 Å². The van der Waals surface area contributed by atoms with Crippen LogP contribution in [0, 0.1) is 5.41 Å². The van der Waals surface area contributed by atoms with Crippen LogP contribution in [0.15, 0.2) is 25.3 Å². The molecule has 5 heteroatoms. The van der Waals surface area contributed by atoms with Crippen LogP contribution in [0.3, 0.4) is 0 Å². The number of rotatable bonds is 5. The zero-order valence-corrected chi connectivity index (χ0v) is 11.4. The van der Waals surface area contributed by atoms with Crippen molar-refractivity contribution >= 4 is 11.9 Å². The molecule has 0 spiro atoms. The van der Waals surface area contributed by atoms with Crippen LogP contribution in [0.2, 0.25) is 0 Å². The normalized spacial score (nSPS) is 21.5. The topological polar surface area (TPSA) is 72.8 Å². The smallest absolute Gasteiger partial charge is 0.323 e. The minimum absolute atomic E-state index is 0.0833. The van der Waals surface area contributed by atoms with Crippen molar-refractivity contribution in [1.82, 2.24) is 0 Å². The van der Waals surface area contributed by atoms with Gasteiger partial charge in [-0.25, -0.2) is 0 Å². The average molecular weight is 270 g/mol. The van der Waals surface area contributed by atoms with E-state index in [1.54, 1.807) is 13.0 Å². The summed E-state index contributed by atoms with van der Waals surface area (Å²) in [5.74, 6) is -0.971. The molecule has 5 nitrogen and oxygen atoms in total. The Hall–Kier alpha value is -1.62. The highest BCUT2D eigenvalue weighted by Gasteiger charge is 2.49. The summed E-state index contributed by atoms with van der Waals surface area (Å²) in [6, 6.07) is 0. The Labute approximate surface area is 113 Å². The Morgan fingerprint density at radius 1 is 1.53 bits per heavy atom. The van der Waals surface area contributed by atoms with Crippen molar-refractivity contribution in [2.75, 3.05) is 19.8 Å². The summed E-state index contributed by atoms with van der Waals surface area (Å²) in [5.41, 5.74) is -1.14. The van der Waals surface area contributed by atoms with Crippen LogP contribution in [0.1, 0.15) is 26.2 Å². The third-order valence-corrected chi connectivity index (χ3v) is 2.66. The number of hydrogen-bond donors (Lipinski definition) is 1. The predicted molar refractivity (Wildman–Crippen MR) is 71.4 cm³/mol. The molecular formula is C14H22O5. The summed E-state index contributed by atoms with van der Waals surface area (Å²) in [7, 11) is 0. The maximum Gasteiger partial charge on any atom is 0.323 e. The van der Waals surface area contributed by atoms with Gasteiger partial charge in [0, 0.05) is 0 Å². The number of aliphatic hydroxyl groups is 1. The summed E-state index contributed by atoms with van der Waals surface area (Å²) < 4.78 is 9.85. The van der Waals surface area contributed by atoms with Gasteiger partial charge in [-0.15, -0.1) is 13.2 Å². The molecule has 0 aromatic carbocycles. The molecule has 0 bridgehead atoms. The number of carbonyl (C=O) groups excluding carboxylic acids is 2. The van der Waals surface area contributed by atoms with Gasteiger partial charge in [0.25, 0.3) is 0 Å². The molecule has 1 aliphatic rings. The molecule has 1 N–H and O–H groups in total. The number of esters is 2. The highest BCUT2D eigenvalue weighted by molar-refractivity contribution is 6.00. The van der Waals surface area contributed by atoms with Crippen molar-refractivity contribution < 1.29 is 24.2 Å². The highest BCUT2D eigenvalue weighted by atomic mass is 16.6. The van der Waals surface area contributed by atoms with Gasteiger partial charge in [-0.3, -0.25) is 9.59 Å². The lowest BCUT2D eigenvalue weighted by atomic mass is 9.79. The zero-order valence-electron chi connectivity index (χ0n) is 11.4. The van der Waals surface area contributed by atoms with Crippen LogP contribution in [0.25, 0.3) is 0 Å². The Morgan fingerprint density at radius 3 is 2.58 bits per heavy atom. The molecule has 108 valence electrons. The number of allylic oxidation sites excluding steroid dienone is 1. The van der Waals surface area contributed by atoms with E-state index in [2.05, 4.69) is 13.2 Å². The first-order valence-corrected chi connectivity index (χ1v) is 6.26. The van der Waals surface area contributed by atoms with Gasteiger partial charge in [-0.1, -0.05) is 12.2 Å². The molecule has 1 fully saturated rings. The first-order valence-electron chi connectivity index (χ1n) is 6.26. The van der Waals surface area contributed by atoms with E-state index in [-0.39, 0.29) is 19.6 Å². The lowest BCUT2D eigenvalue weighted by molar-refractivity contribution is -0.177. The summed E-state index contributed by atoms with van der Waals surface area (Å²) in [6.07, 6.45) is 4.45. The number of cyclic esters (lactones) is 1. The molecule has 0 aromatic heterocycles. The van der Waals surface area contributed by atoms with Crippen molar-refractivity contribution in [3.63, 3.8) is 0 Å². The van der Waals surface area contributed by atoms with E-state index in [1.165, 1.54) is 6.08 Å². The zero-order chi connectivity index (χ0) is 14.7. The fraction of sp³-hybridized carbons (Fsp3) is 0.571. The van der Waals surface area contributed by atoms with E-state index in [0.717, 1.165) is 0 Å². The van der Waals surface area contributed by atoms with E-state index >= 15 is 0 Å². The van der Waals surface area contributed by atoms with Crippen LogP contribution >= 0.6 is 0 Å². The summed E-state index contributed by atoms with van der Waals surface area (Å²) in [5, 5.41) is 7.76. The Bertz CT molecular complexity index is 324. The molecule has 19 heavy (non-hydrogen) atoms. The SMILES string of the molecule is C=CCO.C=CC[C@@]1(C(=O)OCC)CCCOC1=O. The maximum atomic E-state index is 11.7. The quantitative estimate of drug-likeness (QED) is 0.467. The van der Waals surface area contributed by atoms with E-state index in [4.69, 9.17) is 14.6 Å². The molecule has 1 aliphatic heterocycles.